The topological polar surface area (TPSA) is 85.4 Å². The average molecular weight is 402 g/mol. The number of hydrogen-bond donors (Lipinski definition) is 1. The van der Waals surface area contributed by atoms with E-state index in [1.807, 2.05) is 30.3 Å². The number of aromatic nitrogens is 1. The zero-order valence-electron chi connectivity index (χ0n) is 14.8. The molecule has 0 radical (unpaired) electrons. The van der Waals surface area contributed by atoms with Crippen molar-refractivity contribution in [2.75, 3.05) is 11.6 Å². The lowest BCUT2D eigenvalue weighted by molar-refractivity contribution is 0.0467. The largest absolute Gasteiger partial charge is 0.456 e. The highest BCUT2D eigenvalue weighted by Crippen LogP contribution is 2.22. The van der Waals surface area contributed by atoms with Crippen molar-refractivity contribution in [3.05, 3.63) is 70.7 Å². The standard InChI is InChI=1S/C19H18N2O4S2/c1-13-8-9-16(27(2,23)24)10-17(13)18(22)25-11-15-12-26-19(21-15)20-14-6-4-3-5-7-14/h3-10,12H,11H2,1-2H3,(H,20,21). The molecule has 0 atom stereocenters. The van der Waals surface area contributed by atoms with Crippen molar-refractivity contribution in [3.8, 4) is 0 Å². The van der Waals surface area contributed by atoms with Gasteiger partial charge in [-0.2, -0.15) is 0 Å². The van der Waals surface area contributed by atoms with Crippen molar-refractivity contribution >= 4 is 38.0 Å². The van der Waals surface area contributed by atoms with Crippen LogP contribution < -0.4 is 5.32 Å². The molecule has 0 fully saturated rings. The number of esters is 1. The Morgan fingerprint density at radius 2 is 1.93 bits per heavy atom. The van der Waals surface area contributed by atoms with E-state index in [4.69, 9.17) is 4.74 Å². The highest BCUT2D eigenvalue weighted by Gasteiger charge is 2.16. The Morgan fingerprint density at radius 1 is 1.19 bits per heavy atom. The SMILES string of the molecule is Cc1ccc(S(C)(=O)=O)cc1C(=O)OCc1csc(Nc2ccccc2)n1. The third-order valence-corrected chi connectivity index (χ3v) is 5.70. The second kappa shape index (κ2) is 7.89. The van der Waals surface area contributed by atoms with Gasteiger partial charge in [0.1, 0.15) is 6.61 Å². The molecule has 0 saturated carbocycles. The summed E-state index contributed by atoms with van der Waals surface area (Å²) in [5.74, 6) is -0.580. The van der Waals surface area contributed by atoms with Crippen LogP contribution in [0, 0.1) is 6.92 Å². The number of aryl methyl sites for hydroxylation is 1. The first kappa shape index (κ1) is 19.1. The van der Waals surface area contributed by atoms with E-state index >= 15 is 0 Å². The number of carbonyl (C=O) groups is 1. The minimum absolute atomic E-state index is 0.00828. The van der Waals surface area contributed by atoms with Gasteiger partial charge < -0.3 is 10.1 Å². The quantitative estimate of drug-likeness (QED) is 0.628. The fourth-order valence-corrected chi connectivity index (χ4v) is 3.71. The number of nitrogens with one attached hydrogen (secondary N) is 1. The number of ether oxygens (including phenoxy) is 1. The molecule has 2 aromatic carbocycles. The fourth-order valence-electron chi connectivity index (χ4n) is 2.34. The average Bonchev–Trinajstić information content (AvgIpc) is 3.07. The van der Waals surface area contributed by atoms with Crippen LogP contribution >= 0.6 is 11.3 Å². The van der Waals surface area contributed by atoms with Gasteiger partial charge >= 0.3 is 5.97 Å². The Kier molecular flexibility index (Phi) is 5.57. The zero-order valence-corrected chi connectivity index (χ0v) is 16.4. The summed E-state index contributed by atoms with van der Waals surface area (Å²) >= 11 is 1.41. The van der Waals surface area contributed by atoms with Gasteiger partial charge in [-0.05, 0) is 36.8 Å². The molecule has 0 aliphatic heterocycles. The number of thiazole rings is 1. The third kappa shape index (κ3) is 4.93. The molecular formula is C19H18N2O4S2. The molecule has 0 saturated heterocycles. The lowest BCUT2D eigenvalue weighted by Crippen LogP contribution is -2.09. The van der Waals surface area contributed by atoms with E-state index in [9.17, 15) is 13.2 Å². The number of rotatable bonds is 6. The van der Waals surface area contributed by atoms with Crippen LogP contribution in [-0.2, 0) is 21.2 Å². The van der Waals surface area contributed by atoms with Crippen LogP contribution in [0.2, 0.25) is 0 Å². The van der Waals surface area contributed by atoms with Crippen LogP contribution in [0.15, 0.2) is 58.8 Å². The van der Waals surface area contributed by atoms with Gasteiger partial charge in [0.15, 0.2) is 15.0 Å². The van der Waals surface area contributed by atoms with Crippen molar-refractivity contribution in [2.45, 2.75) is 18.4 Å². The predicted molar refractivity (Wildman–Crippen MR) is 105 cm³/mol. The summed E-state index contributed by atoms with van der Waals surface area (Å²) in [4.78, 5) is 16.8. The van der Waals surface area contributed by atoms with Gasteiger partial charge in [-0.15, -0.1) is 11.3 Å². The van der Waals surface area contributed by atoms with Crippen LogP contribution in [0.4, 0.5) is 10.8 Å². The van der Waals surface area contributed by atoms with Gasteiger partial charge in [-0.25, -0.2) is 18.2 Å². The van der Waals surface area contributed by atoms with E-state index in [-0.39, 0.29) is 17.1 Å². The van der Waals surface area contributed by atoms with Gasteiger partial charge in [0.2, 0.25) is 0 Å². The molecule has 1 N–H and O–H groups in total. The number of benzene rings is 2. The van der Waals surface area contributed by atoms with E-state index in [1.165, 1.54) is 23.5 Å². The van der Waals surface area contributed by atoms with Gasteiger partial charge in [0.05, 0.1) is 16.2 Å². The Bertz CT molecular complexity index is 1060. The summed E-state index contributed by atoms with van der Waals surface area (Å²) < 4.78 is 28.7. The van der Waals surface area contributed by atoms with Crippen LogP contribution in [0.5, 0.6) is 0 Å². The number of nitrogens with zero attached hydrogens (tertiary/aromatic N) is 1. The first-order chi connectivity index (χ1) is 12.8. The van der Waals surface area contributed by atoms with Crippen molar-refractivity contribution in [1.29, 1.82) is 0 Å². The molecule has 0 spiro atoms. The first-order valence-electron chi connectivity index (χ1n) is 8.07. The first-order valence-corrected chi connectivity index (χ1v) is 10.8. The van der Waals surface area contributed by atoms with Crippen molar-refractivity contribution in [1.82, 2.24) is 4.98 Å². The summed E-state index contributed by atoms with van der Waals surface area (Å²) in [6.07, 6.45) is 1.10. The number of carbonyl (C=O) groups excluding carboxylic acids is 1. The molecule has 0 amide bonds. The summed E-state index contributed by atoms with van der Waals surface area (Å²) in [5, 5.41) is 5.68. The van der Waals surface area contributed by atoms with Crippen molar-refractivity contribution < 1.29 is 17.9 Å². The maximum atomic E-state index is 12.4. The highest BCUT2D eigenvalue weighted by molar-refractivity contribution is 7.90. The number of para-hydroxylation sites is 1. The van der Waals surface area contributed by atoms with E-state index in [2.05, 4.69) is 10.3 Å². The number of sulfone groups is 1. The van der Waals surface area contributed by atoms with E-state index in [0.717, 1.165) is 11.9 Å². The van der Waals surface area contributed by atoms with Crippen molar-refractivity contribution in [2.24, 2.45) is 0 Å². The molecule has 1 aromatic heterocycles. The summed E-state index contributed by atoms with van der Waals surface area (Å²) in [6, 6.07) is 14.0. The predicted octanol–water partition coefficient (Wildman–Crippen LogP) is 3.96. The fraction of sp³-hybridized carbons (Fsp3) is 0.158. The molecular weight excluding hydrogens is 384 g/mol. The van der Waals surface area contributed by atoms with Gasteiger partial charge in [-0.3, -0.25) is 0 Å². The second-order valence-electron chi connectivity index (χ2n) is 5.96. The molecule has 3 aromatic rings. The van der Waals surface area contributed by atoms with Crippen LogP contribution in [-0.4, -0.2) is 25.6 Å². The van der Waals surface area contributed by atoms with Gasteiger partial charge in [0.25, 0.3) is 0 Å². The molecule has 0 aliphatic carbocycles. The Labute approximate surface area is 161 Å². The minimum atomic E-state index is -3.40. The molecule has 140 valence electrons. The maximum Gasteiger partial charge on any atom is 0.338 e. The highest BCUT2D eigenvalue weighted by atomic mass is 32.2. The van der Waals surface area contributed by atoms with Crippen molar-refractivity contribution in [3.63, 3.8) is 0 Å². The van der Waals surface area contributed by atoms with Gasteiger partial charge in [-0.1, -0.05) is 24.3 Å². The molecule has 0 unspecified atom stereocenters. The number of anilines is 2. The van der Waals surface area contributed by atoms with Crippen LogP contribution in [0.1, 0.15) is 21.6 Å². The normalized spacial score (nSPS) is 11.2. The molecule has 3 rings (SSSR count). The Morgan fingerprint density at radius 3 is 2.63 bits per heavy atom. The molecule has 27 heavy (non-hydrogen) atoms. The summed E-state index contributed by atoms with van der Waals surface area (Å²) in [6.45, 7) is 1.74. The smallest absolute Gasteiger partial charge is 0.338 e. The maximum absolute atomic E-state index is 12.4. The van der Waals surface area contributed by atoms with Crippen LogP contribution in [0.3, 0.4) is 0 Å². The third-order valence-electron chi connectivity index (χ3n) is 3.79. The molecule has 8 heteroatoms. The lowest BCUT2D eigenvalue weighted by atomic mass is 10.1. The Balaban J connectivity index is 1.66. The van der Waals surface area contributed by atoms with Gasteiger partial charge in [0, 0.05) is 17.3 Å². The van der Waals surface area contributed by atoms with Crippen LogP contribution in [0.25, 0.3) is 0 Å². The zero-order chi connectivity index (χ0) is 19.4. The monoisotopic (exact) mass is 402 g/mol. The summed E-state index contributed by atoms with van der Waals surface area (Å²) in [7, 11) is -3.40. The molecule has 1 heterocycles. The second-order valence-corrected chi connectivity index (χ2v) is 8.83. The molecule has 0 aliphatic rings. The minimum Gasteiger partial charge on any atom is -0.456 e. The van der Waals surface area contributed by atoms with E-state index < -0.39 is 15.8 Å². The molecule has 0 bridgehead atoms. The van der Waals surface area contributed by atoms with E-state index in [1.54, 1.807) is 18.4 Å². The summed E-state index contributed by atoms with van der Waals surface area (Å²) in [5.41, 5.74) is 2.42. The van der Waals surface area contributed by atoms with E-state index in [0.29, 0.717) is 16.4 Å². The number of hydrogen-bond acceptors (Lipinski definition) is 7. The molecule has 6 nitrogen and oxygen atoms in total. The lowest BCUT2D eigenvalue weighted by Gasteiger charge is -2.08. The Hall–Kier alpha value is -2.71.